The normalized spacial score (nSPS) is 10.9. The van der Waals surface area contributed by atoms with Crippen LogP contribution < -0.4 is 5.32 Å². The van der Waals surface area contributed by atoms with E-state index in [9.17, 15) is 10.1 Å². The van der Waals surface area contributed by atoms with Crippen LogP contribution in [0.3, 0.4) is 0 Å². The fourth-order valence-electron chi connectivity index (χ4n) is 1.55. The molecule has 0 fully saturated rings. The summed E-state index contributed by atoms with van der Waals surface area (Å²) >= 11 is 0. The molecule has 1 aromatic heterocycles. The van der Waals surface area contributed by atoms with Crippen molar-refractivity contribution in [1.82, 2.24) is 25.5 Å². The van der Waals surface area contributed by atoms with Crippen LogP contribution in [-0.4, -0.2) is 31.2 Å². The number of nitro groups is 1. The van der Waals surface area contributed by atoms with Gasteiger partial charge in [0.1, 0.15) is 0 Å². The first kappa shape index (κ1) is 13.1. The molecule has 0 unspecified atom stereocenters. The number of non-ortho nitro benzene ring substituents is 1. The first-order valence-electron chi connectivity index (χ1n) is 5.83. The zero-order valence-electron chi connectivity index (χ0n) is 10.6. The van der Waals surface area contributed by atoms with Crippen molar-refractivity contribution in [2.75, 3.05) is 0 Å². The lowest BCUT2D eigenvalue weighted by Gasteiger charge is -2.08. The summed E-state index contributed by atoms with van der Waals surface area (Å²) in [5.74, 6) is 0.606. The van der Waals surface area contributed by atoms with Gasteiger partial charge in [-0.1, -0.05) is 19.9 Å². The second-order valence-corrected chi connectivity index (χ2v) is 4.32. The number of nitro benzene ring substituents is 1. The van der Waals surface area contributed by atoms with Crippen molar-refractivity contribution in [3.63, 3.8) is 0 Å². The molecule has 2 rings (SSSR count). The molecule has 0 spiro atoms. The van der Waals surface area contributed by atoms with Crippen LogP contribution in [0.15, 0.2) is 24.3 Å². The summed E-state index contributed by atoms with van der Waals surface area (Å²) in [5, 5.41) is 25.3. The van der Waals surface area contributed by atoms with Gasteiger partial charge in [-0.05, 0) is 16.5 Å². The summed E-state index contributed by atoms with van der Waals surface area (Å²) in [6.07, 6.45) is 0. The molecule has 0 atom stereocenters. The fourth-order valence-corrected chi connectivity index (χ4v) is 1.55. The van der Waals surface area contributed by atoms with Crippen LogP contribution >= 0.6 is 0 Å². The largest absolute Gasteiger partial charge is 0.308 e. The van der Waals surface area contributed by atoms with Gasteiger partial charge in [0.05, 0.1) is 17.2 Å². The molecule has 1 aromatic carbocycles. The van der Waals surface area contributed by atoms with E-state index in [2.05, 4.69) is 20.8 Å². The molecule has 0 amide bonds. The van der Waals surface area contributed by atoms with Crippen molar-refractivity contribution in [2.24, 2.45) is 0 Å². The van der Waals surface area contributed by atoms with E-state index in [0.29, 0.717) is 24.1 Å². The number of rotatable bonds is 5. The quantitative estimate of drug-likeness (QED) is 0.639. The first-order chi connectivity index (χ1) is 9.08. The molecule has 0 aliphatic heterocycles. The van der Waals surface area contributed by atoms with Gasteiger partial charge in [-0.25, -0.2) is 0 Å². The van der Waals surface area contributed by atoms with Gasteiger partial charge in [0.2, 0.25) is 0 Å². The SMILES string of the molecule is CC(C)NCc1nnnn1-c1cccc([N+](=O)[O-])c1. The van der Waals surface area contributed by atoms with Crippen molar-refractivity contribution >= 4 is 5.69 Å². The molecule has 0 saturated carbocycles. The summed E-state index contributed by atoms with van der Waals surface area (Å²) in [7, 11) is 0. The zero-order valence-corrected chi connectivity index (χ0v) is 10.6. The summed E-state index contributed by atoms with van der Waals surface area (Å²) < 4.78 is 1.49. The maximum atomic E-state index is 10.8. The van der Waals surface area contributed by atoms with E-state index < -0.39 is 4.92 Å². The predicted octanol–water partition coefficient (Wildman–Crippen LogP) is 1.07. The summed E-state index contributed by atoms with van der Waals surface area (Å²) in [6, 6.07) is 6.50. The molecule has 0 aliphatic rings. The van der Waals surface area contributed by atoms with Crippen molar-refractivity contribution in [2.45, 2.75) is 26.4 Å². The van der Waals surface area contributed by atoms with E-state index in [1.807, 2.05) is 13.8 Å². The van der Waals surface area contributed by atoms with Crippen LogP contribution in [0.1, 0.15) is 19.7 Å². The van der Waals surface area contributed by atoms with Crippen molar-refractivity contribution in [3.8, 4) is 5.69 Å². The van der Waals surface area contributed by atoms with Crippen molar-refractivity contribution in [3.05, 3.63) is 40.2 Å². The van der Waals surface area contributed by atoms with Crippen LogP contribution in [0, 0.1) is 10.1 Å². The zero-order chi connectivity index (χ0) is 13.8. The van der Waals surface area contributed by atoms with Gasteiger partial charge in [0.15, 0.2) is 5.82 Å². The average molecular weight is 262 g/mol. The highest BCUT2D eigenvalue weighted by atomic mass is 16.6. The maximum Gasteiger partial charge on any atom is 0.271 e. The maximum absolute atomic E-state index is 10.8. The number of nitrogens with one attached hydrogen (secondary N) is 1. The highest BCUT2D eigenvalue weighted by Crippen LogP contribution is 2.16. The highest BCUT2D eigenvalue weighted by Gasteiger charge is 2.12. The summed E-state index contributed by atoms with van der Waals surface area (Å²) in [5.41, 5.74) is 0.579. The monoisotopic (exact) mass is 262 g/mol. The molecule has 2 aromatic rings. The second-order valence-electron chi connectivity index (χ2n) is 4.32. The Kier molecular flexibility index (Phi) is 3.81. The Morgan fingerprint density at radius 2 is 2.26 bits per heavy atom. The number of hydrogen-bond acceptors (Lipinski definition) is 6. The summed E-state index contributed by atoms with van der Waals surface area (Å²) in [6.45, 7) is 4.52. The molecule has 1 heterocycles. The Morgan fingerprint density at radius 1 is 1.47 bits per heavy atom. The van der Waals surface area contributed by atoms with E-state index in [-0.39, 0.29) is 5.69 Å². The van der Waals surface area contributed by atoms with Gasteiger partial charge in [-0.2, -0.15) is 4.68 Å². The van der Waals surface area contributed by atoms with Gasteiger partial charge >= 0.3 is 0 Å². The molecule has 19 heavy (non-hydrogen) atoms. The number of aromatic nitrogens is 4. The Balaban J connectivity index is 2.29. The molecule has 8 heteroatoms. The summed E-state index contributed by atoms with van der Waals surface area (Å²) in [4.78, 5) is 10.3. The van der Waals surface area contributed by atoms with E-state index in [4.69, 9.17) is 0 Å². The molecule has 0 saturated heterocycles. The first-order valence-corrected chi connectivity index (χ1v) is 5.83. The molecule has 0 radical (unpaired) electrons. The van der Waals surface area contributed by atoms with Crippen molar-refractivity contribution < 1.29 is 4.92 Å². The minimum Gasteiger partial charge on any atom is -0.308 e. The standard InChI is InChI=1S/C11H14N6O2/c1-8(2)12-7-11-13-14-15-16(11)9-4-3-5-10(6-9)17(18)19/h3-6,8,12H,7H2,1-2H3. The molecular formula is C11H14N6O2. The van der Waals surface area contributed by atoms with Gasteiger partial charge in [-0.15, -0.1) is 5.10 Å². The van der Waals surface area contributed by atoms with Crippen LogP contribution in [0.2, 0.25) is 0 Å². The third-order valence-corrected chi connectivity index (χ3v) is 2.49. The third-order valence-electron chi connectivity index (χ3n) is 2.49. The van der Waals surface area contributed by atoms with Gasteiger partial charge in [0.25, 0.3) is 5.69 Å². The van der Waals surface area contributed by atoms with Gasteiger partial charge in [0, 0.05) is 18.2 Å². The Hall–Kier alpha value is -2.35. The minimum atomic E-state index is -0.445. The molecule has 1 N–H and O–H groups in total. The lowest BCUT2D eigenvalue weighted by Crippen LogP contribution is -2.24. The van der Waals surface area contributed by atoms with E-state index in [1.54, 1.807) is 12.1 Å². The smallest absolute Gasteiger partial charge is 0.271 e. The molecule has 8 nitrogen and oxygen atoms in total. The Labute approximate surface area is 109 Å². The van der Waals surface area contributed by atoms with Crippen LogP contribution in [-0.2, 0) is 6.54 Å². The van der Waals surface area contributed by atoms with Gasteiger partial charge < -0.3 is 5.32 Å². The van der Waals surface area contributed by atoms with Crippen LogP contribution in [0.4, 0.5) is 5.69 Å². The third kappa shape index (κ3) is 3.10. The lowest BCUT2D eigenvalue weighted by molar-refractivity contribution is -0.384. The van der Waals surface area contributed by atoms with Crippen LogP contribution in [0.25, 0.3) is 5.69 Å². The molecule has 100 valence electrons. The average Bonchev–Trinajstić information content (AvgIpc) is 2.84. The predicted molar refractivity (Wildman–Crippen MR) is 67.8 cm³/mol. The topological polar surface area (TPSA) is 98.8 Å². The second kappa shape index (κ2) is 5.53. The number of benzene rings is 1. The van der Waals surface area contributed by atoms with E-state index >= 15 is 0 Å². The number of hydrogen-bond donors (Lipinski definition) is 1. The Bertz CT molecular complexity index is 580. The van der Waals surface area contributed by atoms with E-state index in [1.165, 1.54) is 16.8 Å². The number of tetrazole rings is 1. The molecular weight excluding hydrogens is 248 g/mol. The molecule has 0 bridgehead atoms. The van der Waals surface area contributed by atoms with Gasteiger partial charge in [-0.3, -0.25) is 10.1 Å². The fraction of sp³-hybridized carbons (Fsp3) is 0.364. The minimum absolute atomic E-state index is 0.00997. The molecule has 0 aliphatic carbocycles. The highest BCUT2D eigenvalue weighted by molar-refractivity contribution is 5.42. The van der Waals surface area contributed by atoms with Crippen LogP contribution in [0.5, 0.6) is 0 Å². The van der Waals surface area contributed by atoms with Crippen molar-refractivity contribution in [1.29, 1.82) is 0 Å². The number of nitrogens with zero attached hydrogens (tertiary/aromatic N) is 5. The Morgan fingerprint density at radius 3 is 2.95 bits per heavy atom. The van der Waals surface area contributed by atoms with E-state index in [0.717, 1.165) is 0 Å². The lowest BCUT2D eigenvalue weighted by atomic mass is 10.3.